The molecule has 218 valence electrons. The van der Waals surface area contributed by atoms with Gasteiger partial charge in [0.15, 0.2) is 0 Å². The van der Waals surface area contributed by atoms with Gasteiger partial charge in [0.1, 0.15) is 11.4 Å². The smallest absolute Gasteiger partial charge is 0.340 e. The van der Waals surface area contributed by atoms with Crippen molar-refractivity contribution < 1.29 is 29.4 Å². The fourth-order valence-electron chi connectivity index (χ4n) is 5.80. The summed E-state index contributed by atoms with van der Waals surface area (Å²) < 4.78 is 1.03. The molecule has 3 aromatic rings. The molecule has 0 unspecified atom stereocenters. The number of carbonyl (C=O) groups is 4. The Hall–Kier alpha value is -4.57. The van der Waals surface area contributed by atoms with E-state index in [2.05, 4.69) is 0 Å². The van der Waals surface area contributed by atoms with Gasteiger partial charge >= 0.3 is 5.97 Å². The van der Waals surface area contributed by atoms with E-state index in [1.807, 2.05) is 37.3 Å². The minimum atomic E-state index is -1.48. The third kappa shape index (κ3) is 5.75. The molecule has 2 fully saturated rings. The molecule has 1 aromatic heterocycles. The molecule has 0 radical (unpaired) electrons. The lowest BCUT2D eigenvalue weighted by Gasteiger charge is -2.39. The quantitative estimate of drug-likeness (QED) is 0.395. The number of amides is 3. The molecule has 2 N–H and O–H groups in total. The molecule has 2 aliphatic heterocycles. The van der Waals surface area contributed by atoms with E-state index in [-0.39, 0.29) is 74.1 Å². The van der Waals surface area contributed by atoms with Crippen molar-refractivity contribution in [2.75, 3.05) is 18.0 Å². The van der Waals surface area contributed by atoms with Crippen molar-refractivity contribution >= 4 is 29.5 Å². The van der Waals surface area contributed by atoms with Gasteiger partial charge in [-0.1, -0.05) is 67.6 Å². The van der Waals surface area contributed by atoms with E-state index in [0.717, 1.165) is 15.0 Å². The van der Waals surface area contributed by atoms with Crippen molar-refractivity contribution in [3.05, 3.63) is 88.2 Å². The van der Waals surface area contributed by atoms with Gasteiger partial charge in [-0.25, -0.2) is 9.69 Å². The molecule has 2 saturated heterocycles. The summed E-state index contributed by atoms with van der Waals surface area (Å²) in [5, 5.41) is 21.9. The molecule has 3 heterocycles. The fraction of sp³-hybridized carbons (Fsp3) is 0.344. The molecule has 0 bridgehead atoms. The molecule has 0 spiro atoms. The zero-order chi connectivity index (χ0) is 30.0. The van der Waals surface area contributed by atoms with Gasteiger partial charge < -0.3 is 15.1 Å². The van der Waals surface area contributed by atoms with Gasteiger partial charge in [-0.15, -0.1) is 0 Å². The second-order valence-electron chi connectivity index (χ2n) is 11.1. The Bertz CT molecular complexity index is 1560. The number of carboxylic acid groups (broad SMARTS) is 1. The van der Waals surface area contributed by atoms with Crippen LogP contribution in [0.5, 0.6) is 0 Å². The average molecular weight is 572 g/mol. The number of hydrogen-bond acceptors (Lipinski definition) is 6. The highest BCUT2D eigenvalue weighted by Gasteiger charge is 2.40. The maximum Gasteiger partial charge on any atom is 0.340 e. The number of hydrogen-bond donors (Lipinski definition) is 2. The number of likely N-dealkylation sites (tertiary alicyclic amines) is 1. The van der Waals surface area contributed by atoms with Gasteiger partial charge in [-0.3, -0.25) is 23.7 Å². The van der Waals surface area contributed by atoms with Crippen LogP contribution in [0.3, 0.4) is 0 Å². The summed E-state index contributed by atoms with van der Waals surface area (Å²) in [6, 6.07) is 19.3. The fourth-order valence-corrected chi connectivity index (χ4v) is 5.80. The number of aliphatic hydroxyl groups is 1. The highest BCUT2D eigenvalue weighted by atomic mass is 16.4. The normalized spacial score (nSPS) is 17.4. The third-order valence-electron chi connectivity index (χ3n) is 8.19. The monoisotopic (exact) mass is 571 g/mol. The lowest BCUT2D eigenvalue weighted by Crippen LogP contribution is -2.50. The Kier molecular flexibility index (Phi) is 8.08. The van der Waals surface area contributed by atoms with Gasteiger partial charge in [0.25, 0.3) is 5.56 Å². The first kappa shape index (κ1) is 28.9. The number of anilines is 1. The minimum Gasteiger partial charge on any atom is -0.478 e. The largest absolute Gasteiger partial charge is 0.478 e. The number of aromatic nitrogens is 1. The van der Waals surface area contributed by atoms with Crippen LogP contribution in [0.2, 0.25) is 0 Å². The van der Waals surface area contributed by atoms with Crippen LogP contribution in [0.25, 0.3) is 11.1 Å². The number of rotatable bonds is 8. The van der Waals surface area contributed by atoms with E-state index in [9.17, 15) is 34.2 Å². The van der Waals surface area contributed by atoms with Crippen molar-refractivity contribution in [1.82, 2.24) is 9.47 Å². The van der Waals surface area contributed by atoms with Crippen molar-refractivity contribution in [2.24, 2.45) is 0 Å². The molecule has 10 heteroatoms. The molecule has 2 aliphatic rings. The van der Waals surface area contributed by atoms with Crippen LogP contribution in [0.4, 0.5) is 5.82 Å². The summed E-state index contributed by atoms with van der Waals surface area (Å²) >= 11 is 0. The predicted octanol–water partition coefficient (Wildman–Crippen LogP) is 3.41. The number of carbonyl (C=O) groups excluding carboxylic acids is 3. The van der Waals surface area contributed by atoms with Crippen LogP contribution in [-0.4, -0.2) is 62.1 Å². The molecule has 5 rings (SSSR count). The van der Waals surface area contributed by atoms with E-state index in [0.29, 0.717) is 12.0 Å². The topological polar surface area (TPSA) is 137 Å². The van der Waals surface area contributed by atoms with E-state index in [1.54, 1.807) is 35.2 Å². The number of piperidine rings is 1. The molecular formula is C32H33N3O7. The van der Waals surface area contributed by atoms with Crippen LogP contribution in [0, 0.1) is 0 Å². The maximum atomic E-state index is 13.6. The summed E-state index contributed by atoms with van der Waals surface area (Å²) in [7, 11) is 0. The van der Waals surface area contributed by atoms with Crippen LogP contribution in [0.15, 0.2) is 71.5 Å². The van der Waals surface area contributed by atoms with Crippen LogP contribution < -0.4 is 10.5 Å². The van der Waals surface area contributed by atoms with Crippen LogP contribution in [-0.2, 0) is 20.9 Å². The van der Waals surface area contributed by atoms with Crippen molar-refractivity contribution in [2.45, 2.75) is 57.1 Å². The van der Waals surface area contributed by atoms with Crippen LogP contribution >= 0.6 is 0 Å². The van der Waals surface area contributed by atoms with Gasteiger partial charge in [-0.05, 0) is 29.9 Å². The minimum absolute atomic E-state index is 0.0220. The summed E-state index contributed by atoms with van der Waals surface area (Å²) in [5.74, 6) is -3.00. The highest BCUT2D eigenvalue weighted by Crippen LogP contribution is 2.35. The summed E-state index contributed by atoms with van der Waals surface area (Å²) in [4.78, 5) is 67.4. The first-order valence-corrected chi connectivity index (χ1v) is 14.1. The first-order valence-electron chi connectivity index (χ1n) is 14.1. The number of aromatic carboxylic acids is 1. The third-order valence-corrected chi connectivity index (χ3v) is 8.19. The number of carboxylic acids is 1. The Balaban J connectivity index is 1.44. The molecule has 3 amide bonds. The van der Waals surface area contributed by atoms with Gasteiger partial charge in [-0.2, -0.15) is 0 Å². The van der Waals surface area contributed by atoms with Gasteiger partial charge in [0.05, 0.1) is 12.1 Å². The first-order chi connectivity index (χ1) is 20.1. The second kappa shape index (κ2) is 11.7. The van der Waals surface area contributed by atoms with Crippen molar-refractivity contribution in [1.29, 1.82) is 0 Å². The maximum absolute atomic E-state index is 13.6. The summed E-state index contributed by atoms with van der Waals surface area (Å²) in [6.45, 7) is 2.14. The standard InChI is InChI=1S/C32H33N3O7/c1-21(22-8-4-2-5-9-22)18-27(38)33-16-14-32(42,15-17-33)20-34-28(39)19-24(23-10-6-3-7-11-23)29(31(40)41)30(34)35-25(36)12-13-26(35)37/h2-11,19,21,42H,12-18,20H2,1H3,(H,40,41)/t21-/m1/s1. The predicted molar refractivity (Wildman–Crippen MR) is 155 cm³/mol. The summed E-state index contributed by atoms with van der Waals surface area (Å²) in [6.07, 6.45) is 0.368. The molecule has 0 aliphatic carbocycles. The van der Waals surface area contributed by atoms with Crippen molar-refractivity contribution in [3.63, 3.8) is 0 Å². The Labute approximate surface area is 242 Å². The molecule has 42 heavy (non-hydrogen) atoms. The summed E-state index contributed by atoms with van der Waals surface area (Å²) in [5.41, 5.74) is -0.913. The van der Waals surface area contributed by atoms with Gasteiger partial charge in [0.2, 0.25) is 17.7 Å². The average Bonchev–Trinajstić information content (AvgIpc) is 3.31. The molecule has 10 nitrogen and oxygen atoms in total. The van der Waals surface area contributed by atoms with E-state index in [4.69, 9.17) is 0 Å². The van der Waals surface area contributed by atoms with Gasteiger partial charge in [0, 0.05) is 44.0 Å². The molecule has 0 saturated carbocycles. The van der Waals surface area contributed by atoms with E-state index >= 15 is 0 Å². The number of imide groups is 1. The second-order valence-corrected chi connectivity index (χ2v) is 11.1. The number of benzene rings is 2. The Morgan fingerprint density at radius 3 is 2.05 bits per heavy atom. The highest BCUT2D eigenvalue weighted by molar-refractivity contribution is 6.22. The SMILES string of the molecule is C[C@H](CC(=O)N1CCC(O)(Cn2c(N3C(=O)CCC3=O)c(C(=O)O)c(-c3ccccc3)cc2=O)CC1)c1ccccc1. The zero-order valence-electron chi connectivity index (χ0n) is 23.4. The molecular weight excluding hydrogens is 538 g/mol. The lowest BCUT2D eigenvalue weighted by molar-refractivity contribution is -0.136. The number of nitrogens with zero attached hydrogens (tertiary/aromatic N) is 3. The van der Waals surface area contributed by atoms with Crippen LogP contribution in [0.1, 0.15) is 60.9 Å². The zero-order valence-corrected chi connectivity index (χ0v) is 23.4. The molecule has 2 aromatic carbocycles. The Morgan fingerprint density at radius 2 is 1.48 bits per heavy atom. The van der Waals surface area contributed by atoms with Crippen molar-refractivity contribution in [3.8, 4) is 11.1 Å². The number of pyridine rings is 1. The lowest BCUT2D eigenvalue weighted by atomic mass is 9.90. The van der Waals surface area contributed by atoms with E-state index < -0.39 is 28.9 Å². The Morgan fingerprint density at radius 1 is 0.905 bits per heavy atom. The van der Waals surface area contributed by atoms with E-state index in [1.165, 1.54) is 6.07 Å². The molecule has 1 atom stereocenters.